The van der Waals surface area contributed by atoms with Crippen LogP contribution in [-0.2, 0) is 11.3 Å². The number of carbonyl (C=O) groups is 1. The number of amides is 1. The van der Waals surface area contributed by atoms with Crippen LogP contribution in [0.25, 0.3) is 10.9 Å². The minimum Gasteiger partial charge on any atom is -0.481 e. The molecule has 4 rings (SSSR count). The third kappa shape index (κ3) is 3.96. The van der Waals surface area contributed by atoms with E-state index in [1.807, 2.05) is 41.6 Å². The Balaban J connectivity index is 1.60. The molecule has 7 nitrogen and oxygen atoms in total. The van der Waals surface area contributed by atoms with Crippen molar-refractivity contribution in [2.45, 2.75) is 25.3 Å². The number of imidazole rings is 1. The molecule has 0 spiro atoms. The van der Waals surface area contributed by atoms with Crippen LogP contribution >= 0.6 is 0 Å². The molecule has 0 bridgehead atoms. The van der Waals surface area contributed by atoms with Crippen molar-refractivity contribution in [2.24, 2.45) is 0 Å². The Kier molecular flexibility index (Phi) is 5.76. The summed E-state index contributed by atoms with van der Waals surface area (Å²) in [6, 6.07) is 9.43. The highest BCUT2D eigenvalue weighted by Crippen LogP contribution is 2.29. The van der Waals surface area contributed by atoms with E-state index in [1.54, 1.807) is 20.3 Å². The van der Waals surface area contributed by atoms with E-state index in [-0.39, 0.29) is 11.8 Å². The van der Waals surface area contributed by atoms with Crippen molar-refractivity contribution in [3.8, 4) is 5.88 Å². The monoisotopic (exact) mass is 394 g/mol. The summed E-state index contributed by atoms with van der Waals surface area (Å²) in [5.74, 6) is 1.71. The van der Waals surface area contributed by atoms with E-state index < -0.39 is 0 Å². The average Bonchev–Trinajstić information content (AvgIpc) is 3.25. The molecule has 152 valence electrons. The first-order valence-corrected chi connectivity index (χ1v) is 9.94. The van der Waals surface area contributed by atoms with E-state index in [0.717, 1.165) is 42.7 Å². The van der Waals surface area contributed by atoms with E-state index >= 15 is 0 Å². The van der Waals surface area contributed by atoms with Gasteiger partial charge in [-0.3, -0.25) is 4.79 Å². The van der Waals surface area contributed by atoms with Crippen molar-refractivity contribution < 1.29 is 14.3 Å². The number of rotatable bonds is 6. The van der Waals surface area contributed by atoms with Gasteiger partial charge in [0.05, 0.1) is 24.8 Å². The summed E-state index contributed by atoms with van der Waals surface area (Å²) < 4.78 is 12.7. The van der Waals surface area contributed by atoms with Crippen LogP contribution in [0.5, 0.6) is 5.88 Å². The highest BCUT2D eigenvalue weighted by Gasteiger charge is 2.29. The van der Waals surface area contributed by atoms with Gasteiger partial charge in [0.2, 0.25) is 5.88 Å². The number of para-hydroxylation sites is 1. The zero-order valence-electron chi connectivity index (χ0n) is 16.9. The number of likely N-dealkylation sites (tertiary alicyclic amines) is 1. The number of ether oxygens (including phenoxy) is 2. The molecule has 0 N–H and O–H groups in total. The second-order valence-corrected chi connectivity index (χ2v) is 7.29. The van der Waals surface area contributed by atoms with Crippen LogP contribution in [0.4, 0.5) is 0 Å². The second kappa shape index (κ2) is 8.61. The lowest BCUT2D eigenvalue weighted by Gasteiger charge is -2.33. The predicted octanol–water partition coefficient (Wildman–Crippen LogP) is 3.11. The normalized spacial score (nSPS) is 16.9. The molecular weight excluding hydrogens is 368 g/mol. The van der Waals surface area contributed by atoms with Crippen molar-refractivity contribution in [1.82, 2.24) is 19.4 Å². The second-order valence-electron chi connectivity index (χ2n) is 7.29. The predicted molar refractivity (Wildman–Crippen MR) is 110 cm³/mol. The Hall–Kier alpha value is -2.93. The third-order valence-corrected chi connectivity index (χ3v) is 5.49. The number of hydrogen-bond donors (Lipinski definition) is 0. The summed E-state index contributed by atoms with van der Waals surface area (Å²) >= 11 is 0. The number of pyridine rings is 1. The quantitative estimate of drug-likeness (QED) is 0.643. The number of hydrogen-bond acceptors (Lipinski definition) is 5. The number of methoxy groups -OCH3 is 2. The Labute approximate surface area is 170 Å². The van der Waals surface area contributed by atoms with E-state index in [0.29, 0.717) is 24.6 Å². The molecule has 3 heterocycles. The molecule has 0 aliphatic carbocycles. The summed E-state index contributed by atoms with van der Waals surface area (Å²) in [4.78, 5) is 24.4. The maximum absolute atomic E-state index is 13.4. The molecule has 1 aliphatic rings. The van der Waals surface area contributed by atoms with Gasteiger partial charge in [0, 0.05) is 56.5 Å². The molecular formula is C22H26N4O3. The first-order valence-electron chi connectivity index (χ1n) is 9.94. The molecule has 0 radical (unpaired) electrons. The van der Waals surface area contributed by atoms with Crippen molar-refractivity contribution in [3.05, 3.63) is 54.1 Å². The lowest BCUT2D eigenvalue weighted by Crippen LogP contribution is -2.40. The van der Waals surface area contributed by atoms with E-state index in [4.69, 9.17) is 9.47 Å². The Bertz CT molecular complexity index is 1000. The maximum atomic E-state index is 13.4. The first-order chi connectivity index (χ1) is 14.2. The van der Waals surface area contributed by atoms with E-state index in [1.165, 1.54) is 0 Å². The fraction of sp³-hybridized carbons (Fsp3) is 0.409. The number of piperidine rings is 1. The zero-order chi connectivity index (χ0) is 20.2. The van der Waals surface area contributed by atoms with Gasteiger partial charge >= 0.3 is 0 Å². The SMILES string of the molecule is COCCn1ccnc1C1CCCN(C(=O)c2cc(OC)nc3ccccc23)C1. The molecule has 1 atom stereocenters. The van der Waals surface area contributed by atoms with E-state index in [2.05, 4.69) is 14.5 Å². The van der Waals surface area contributed by atoms with Gasteiger partial charge in [0.25, 0.3) is 5.91 Å². The highest BCUT2D eigenvalue weighted by molar-refractivity contribution is 6.06. The maximum Gasteiger partial charge on any atom is 0.254 e. The van der Waals surface area contributed by atoms with Crippen molar-refractivity contribution in [2.75, 3.05) is 33.9 Å². The molecule has 0 saturated carbocycles. The summed E-state index contributed by atoms with van der Waals surface area (Å²) in [5, 5.41) is 0.849. The number of fused-ring (bicyclic) bond motifs is 1. The van der Waals surface area contributed by atoms with Crippen LogP contribution in [0.1, 0.15) is 34.9 Å². The van der Waals surface area contributed by atoms with Crippen LogP contribution in [0.3, 0.4) is 0 Å². The third-order valence-electron chi connectivity index (χ3n) is 5.49. The first kappa shape index (κ1) is 19.4. The van der Waals surface area contributed by atoms with Crippen molar-refractivity contribution in [3.63, 3.8) is 0 Å². The van der Waals surface area contributed by atoms with Gasteiger partial charge < -0.3 is 18.9 Å². The summed E-state index contributed by atoms with van der Waals surface area (Å²) in [6.07, 6.45) is 5.78. The molecule has 1 saturated heterocycles. The molecule has 1 fully saturated rings. The van der Waals surface area contributed by atoms with E-state index in [9.17, 15) is 4.79 Å². The largest absolute Gasteiger partial charge is 0.481 e. The Morgan fingerprint density at radius 2 is 2.14 bits per heavy atom. The van der Waals surface area contributed by atoms with Gasteiger partial charge in [-0.2, -0.15) is 0 Å². The minimum absolute atomic E-state index is 0.0154. The lowest BCUT2D eigenvalue weighted by molar-refractivity contribution is 0.0704. The van der Waals surface area contributed by atoms with Gasteiger partial charge in [-0.15, -0.1) is 0 Å². The summed E-state index contributed by atoms with van der Waals surface area (Å²) in [7, 11) is 3.27. The van der Waals surface area contributed by atoms with Gasteiger partial charge in [-0.25, -0.2) is 9.97 Å². The number of benzene rings is 1. The van der Waals surface area contributed by atoms with Gasteiger partial charge in [0.1, 0.15) is 5.82 Å². The van der Waals surface area contributed by atoms with Gasteiger partial charge in [0.15, 0.2) is 0 Å². The topological polar surface area (TPSA) is 69.5 Å². The van der Waals surface area contributed by atoms with Crippen LogP contribution in [0, 0.1) is 0 Å². The van der Waals surface area contributed by atoms with Gasteiger partial charge in [-0.05, 0) is 18.9 Å². The van der Waals surface area contributed by atoms with Crippen molar-refractivity contribution in [1.29, 1.82) is 0 Å². The summed E-state index contributed by atoms with van der Waals surface area (Å²) in [6.45, 7) is 2.80. The minimum atomic E-state index is 0.0154. The van der Waals surface area contributed by atoms with Crippen LogP contribution in [0.15, 0.2) is 42.7 Å². The highest BCUT2D eigenvalue weighted by atomic mass is 16.5. The summed E-state index contributed by atoms with van der Waals surface area (Å²) in [5.41, 5.74) is 1.40. The number of aromatic nitrogens is 3. The van der Waals surface area contributed by atoms with Crippen LogP contribution in [0.2, 0.25) is 0 Å². The molecule has 7 heteroatoms. The van der Waals surface area contributed by atoms with Gasteiger partial charge in [-0.1, -0.05) is 18.2 Å². The number of nitrogens with zero attached hydrogens (tertiary/aromatic N) is 4. The Morgan fingerprint density at radius 1 is 1.28 bits per heavy atom. The van der Waals surface area contributed by atoms with Crippen LogP contribution < -0.4 is 4.74 Å². The smallest absolute Gasteiger partial charge is 0.254 e. The Morgan fingerprint density at radius 3 is 2.97 bits per heavy atom. The molecule has 1 amide bonds. The molecule has 1 unspecified atom stereocenters. The lowest BCUT2D eigenvalue weighted by atomic mass is 9.96. The fourth-order valence-corrected chi connectivity index (χ4v) is 4.03. The molecule has 1 aromatic carbocycles. The molecule has 1 aliphatic heterocycles. The fourth-order valence-electron chi connectivity index (χ4n) is 4.03. The standard InChI is InChI=1S/C22H26N4O3/c1-28-13-12-25-11-9-23-21(25)16-6-5-10-26(15-16)22(27)18-14-20(29-2)24-19-8-4-3-7-17(18)19/h3-4,7-9,11,14,16H,5-6,10,12-13,15H2,1-2H3. The zero-order valence-corrected chi connectivity index (χ0v) is 16.9. The van der Waals surface area contributed by atoms with Crippen LogP contribution in [-0.4, -0.2) is 59.3 Å². The molecule has 3 aromatic rings. The number of carbonyl (C=O) groups excluding carboxylic acids is 1. The van der Waals surface area contributed by atoms with Crippen molar-refractivity contribution >= 4 is 16.8 Å². The average molecular weight is 394 g/mol. The molecule has 2 aromatic heterocycles. The molecule has 29 heavy (non-hydrogen) atoms.